The van der Waals surface area contributed by atoms with Gasteiger partial charge < -0.3 is 21.5 Å². The average molecular weight is 279 g/mol. The number of amides is 2. The number of hydrogen-bond donors (Lipinski definition) is 4. The molecular weight excluding hydrogens is 258 g/mol. The van der Waals surface area contributed by atoms with Gasteiger partial charge in [-0.25, -0.2) is 0 Å². The Balaban J connectivity index is 2.40. The number of nitrogen functional groups attached to an aromatic ring is 1. The lowest BCUT2D eigenvalue weighted by atomic mass is 10.1. The van der Waals surface area contributed by atoms with Crippen molar-refractivity contribution in [1.29, 1.82) is 0 Å². The highest BCUT2D eigenvalue weighted by molar-refractivity contribution is 5.99. The smallest absolute Gasteiger partial charge is 0.253 e. The number of phenolic OH excluding ortho intramolecular Hbond substituents is 1. The first-order valence-electron chi connectivity index (χ1n) is 6.53. The molecule has 0 unspecified atom stereocenters. The Morgan fingerprint density at radius 3 is 2.65 bits per heavy atom. The molecule has 0 fully saturated rings. The van der Waals surface area contributed by atoms with Gasteiger partial charge in [-0.2, -0.15) is 0 Å². The molecule has 6 nitrogen and oxygen atoms in total. The Bertz CT molecular complexity index is 487. The Morgan fingerprint density at radius 1 is 1.30 bits per heavy atom. The molecule has 0 saturated heterocycles. The summed E-state index contributed by atoms with van der Waals surface area (Å²) in [5.41, 5.74) is 6.14. The normalized spacial score (nSPS) is 10.3. The van der Waals surface area contributed by atoms with Crippen molar-refractivity contribution in [3.8, 4) is 5.75 Å². The highest BCUT2D eigenvalue weighted by atomic mass is 16.3. The molecule has 0 atom stereocenters. The van der Waals surface area contributed by atoms with E-state index in [1.807, 2.05) is 13.8 Å². The number of nitrogens with one attached hydrogen (secondary N) is 2. The Labute approximate surface area is 118 Å². The standard InChI is InChI=1S/C14H21N3O3/c1-9(2)8-17-13(19)5-6-16-14(20)11-7-10(18)3-4-12(11)15/h3-4,7,9,18H,5-6,8,15H2,1-2H3,(H,16,20)(H,17,19). The molecule has 0 spiro atoms. The van der Waals surface area contributed by atoms with Crippen LogP contribution in [-0.4, -0.2) is 30.0 Å². The van der Waals surface area contributed by atoms with Crippen LogP contribution in [0.3, 0.4) is 0 Å². The summed E-state index contributed by atoms with van der Waals surface area (Å²) in [4.78, 5) is 23.3. The number of nitrogens with two attached hydrogens (primary N) is 1. The molecule has 1 aromatic carbocycles. The number of hydrogen-bond acceptors (Lipinski definition) is 4. The molecule has 110 valence electrons. The first-order chi connectivity index (χ1) is 9.40. The summed E-state index contributed by atoms with van der Waals surface area (Å²) in [6.45, 7) is 4.85. The minimum Gasteiger partial charge on any atom is -0.508 e. The topological polar surface area (TPSA) is 104 Å². The van der Waals surface area contributed by atoms with E-state index in [1.165, 1.54) is 18.2 Å². The van der Waals surface area contributed by atoms with Gasteiger partial charge in [-0.3, -0.25) is 9.59 Å². The minimum atomic E-state index is -0.407. The summed E-state index contributed by atoms with van der Waals surface area (Å²) in [6, 6.07) is 4.16. The van der Waals surface area contributed by atoms with Crippen LogP contribution in [0.2, 0.25) is 0 Å². The van der Waals surface area contributed by atoms with Gasteiger partial charge in [0.25, 0.3) is 5.91 Å². The SMILES string of the molecule is CC(C)CNC(=O)CCNC(=O)c1cc(O)ccc1N. The number of carbonyl (C=O) groups excluding carboxylic acids is 2. The first-order valence-corrected chi connectivity index (χ1v) is 6.53. The zero-order valence-corrected chi connectivity index (χ0v) is 11.8. The van der Waals surface area contributed by atoms with Gasteiger partial charge in [0.15, 0.2) is 0 Å². The minimum absolute atomic E-state index is 0.0287. The third kappa shape index (κ3) is 5.17. The number of carbonyl (C=O) groups is 2. The lowest BCUT2D eigenvalue weighted by Gasteiger charge is -2.09. The third-order valence-electron chi connectivity index (χ3n) is 2.63. The molecule has 1 rings (SSSR count). The van der Waals surface area contributed by atoms with Gasteiger partial charge in [-0.15, -0.1) is 0 Å². The van der Waals surface area contributed by atoms with Gasteiger partial charge in [0, 0.05) is 25.2 Å². The van der Waals surface area contributed by atoms with Gasteiger partial charge in [-0.1, -0.05) is 13.8 Å². The number of aromatic hydroxyl groups is 1. The largest absolute Gasteiger partial charge is 0.508 e. The van der Waals surface area contributed by atoms with Gasteiger partial charge in [0.1, 0.15) is 5.75 Å². The van der Waals surface area contributed by atoms with E-state index >= 15 is 0 Å². The molecule has 0 heterocycles. The lowest BCUT2D eigenvalue weighted by Crippen LogP contribution is -2.32. The van der Waals surface area contributed by atoms with Gasteiger partial charge in [-0.05, 0) is 24.1 Å². The summed E-state index contributed by atoms with van der Waals surface area (Å²) in [5.74, 6) is -0.155. The van der Waals surface area contributed by atoms with Crippen LogP contribution in [0.5, 0.6) is 5.75 Å². The van der Waals surface area contributed by atoms with E-state index in [2.05, 4.69) is 10.6 Å². The van der Waals surface area contributed by atoms with Crippen molar-refractivity contribution in [2.75, 3.05) is 18.8 Å². The van der Waals surface area contributed by atoms with Crippen molar-refractivity contribution in [2.24, 2.45) is 5.92 Å². The average Bonchev–Trinajstić information content (AvgIpc) is 2.39. The fourth-order valence-electron chi connectivity index (χ4n) is 1.53. The van der Waals surface area contributed by atoms with Crippen molar-refractivity contribution in [1.82, 2.24) is 10.6 Å². The van der Waals surface area contributed by atoms with E-state index in [1.54, 1.807) is 0 Å². The Kier molecular flexibility index (Phi) is 5.83. The second-order valence-corrected chi connectivity index (χ2v) is 4.98. The summed E-state index contributed by atoms with van der Waals surface area (Å²) < 4.78 is 0. The van der Waals surface area contributed by atoms with Crippen molar-refractivity contribution in [3.63, 3.8) is 0 Å². The van der Waals surface area contributed by atoms with E-state index < -0.39 is 5.91 Å². The van der Waals surface area contributed by atoms with Gasteiger partial charge in [0.2, 0.25) is 5.91 Å². The molecule has 1 aromatic rings. The quantitative estimate of drug-likeness (QED) is 0.458. The summed E-state index contributed by atoms with van der Waals surface area (Å²) in [7, 11) is 0. The fourth-order valence-corrected chi connectivity index (χ4v) is 1.53. The van der Waals surface area contributed by atoms with Crippen LogP contribution >= 0.6 is 0 Å². The second-order valence-electron chi connectivity index (χ2n) is 4.98. The van der Waals surface area contributed by atoms with E-state index in [0.717, 1.165) is 0 Å². The molecule has 0 bridgehead atoms. The molecule has 0 aliphatic carbocycles. The number of rotatable bonds is 6. The molecular formula is C14H21N3O3. The van der Waals surface area contributed by atoms with E-state index in [9.17, 15) is 14.7 Å². The van der Waals surface area contributed by atoms with Crippen LogP contribution < -0.4 is 16.4 Å². The third-order valence-corrected chi connectivity index (χ3v) is 2.63. The molecule has 20 heavy (non-hydrogen) atoms. The molecule has 6 heteroatoms. The molecule has 2 amide bonds. The lowest BCUT2D eigenvalue weighted by molar-refractivity contribution is -0.121. The van der Waals surface area contributed by atoms with Crippen LogP contribution in [0.25, 0.3) is 0 Å². The first kappa shape index (κ1) is 15.8. The summed E-state index contributed by atoms with van der Waals surface area (Å²) >= 11 is 0. The number of phenols is 1. The van der Waals surface area contributed by atoms with Crippen molar-refractivity contribution < 1.29 is 14.7 Å². The predicted octanol–water partition coefficient (Wildman–Crippen LogP) is 0.866. The van der Waals surface area contributed by atoms with E-state index in [0.29, 0.717) is 12.5 Å². The van der Waals surface area contributed by atoms with Gasteiger partial charge >= 0.3 is 0 Å². The van der Waals surface area contributed by atoms with Gasteiger partial charge in [0.05, 0.1) is 5.56 Å². The molecule has 0 aliphatic heterocycles. The van der Waals surface area contributed by atoms with Crippen LogP contribution in [0.4, 0.5) is 5.69 Å². The number of benzene rings is 1. The van der Waals surface area contributed by atoms with Crippen molar-refractivity contribution >= 4 is 17.5 Å². The maximum atomic E-state index is 11.8. The molecule has 0 saturated carbocycles. The fraction of sp³-hybridized carbons (Fsp3) is 0.429. The maximum Gasteiger partial charge on any atom is 0.253 e. The zero-order valence-electron chi connectivity index (χ0n) is 11.8. The predicted molar refractivity (Wildman–Crippen MR) is 77.3 cm³/mol. The zero-order chi connectivity index (χ0) is 15.1. The van der Waals surface area contributed by atoms with Crippen molar-refractivity contribution in [3.05, 3.63) is 23.8 Å². The van der Waals surface area contributed by atoms with Crippen LogP contribution in [0.1, 0.15) is 30.6 Å². The van der Waals surface area contributed by atoms with Crippen LogP contribution in [0, 0.1) is 5.92 Å². The second kappa shape index (κ2) is 7.37. The van der Waals surface area contributed by atoms with Crippen LogP contribution in [-0.2, 0) is 4.79 Å². The maximum absolute atomic E-state index is 11.8. The molecule has 0 aliphatic rings. The van der Waals surface area contributed by atoms with Crippen LogP contribution in [0.15, 0.2) is 18.2 Å². The number of anilines is 1. The van der Waals surface area contributed by atoms with Crippen molar-refractivity contribution in [2.45, 2.75) is 20.3 Å². The summed E-state index contributed by atoms with van der Waals surface area (Å²) in [6.07, 6.45) is 0.206. The Hall–Kier alpha value is -2.24. The monoisotopic (exact) mass is 279 g/mol. The Morgan fingerprint density at radius 2 is 2.00 bits per heavy atom. The van der Waals surface area contributed by atoms with E-state index in [4.69, 9.17) is 5.73 Å². The highest BCUT2D eigenvalue weighted by Crippen LogP contribution is 2.18. The van der Waals surface area contributed by atoms with E-state index in [-0.39, 0.29) is 35.9 Å². The molecule has 0 aromatic heterocycles. The molecule has 0 radical (unpaired) electrons. The highest BCUT2D eigenvalue weighted by Gasteiger charge is 2.11. The summed E-state index contributed by atoms with van der Waals surface area (Å²) in [5, 5.41) is 14.7. The molecule has 5 N–H and O–H groups in total.